The van der Waals surface area contributed by atoms with E-state index in [2.05, 4.69) is 17.2 Å². The standard InChI is InChI=1S/C9H18N4/c1-7(4-8(2)10)5-9-6-13(3)12-11-9/h6-8H,4-5,10H2,1-3H3. The Hall–Kier alpha value is -0.900. The maximum absolute atomic E-state index is 5.71. The molecule has 1 aromatic rings. The topological polar surface area (TPSA) is 56.7 Å². The highest BCUT2D eigenvalue weighted by atomic mass is 15.4. The third-order valence-corrected chi connectivity index (χ3v) is 1.98. The molecule has 0 saturated carbocycles. The van der Waals surface area contributed by atoms with Gasteiger partial charge in [-0.05, 0) is 25.7 Å². The molecule has 0 aromatic carbocycles. The summed E-state index contributed by atoms with van der Waals surface area (Å²) in [6.45, 7) is 4.23. The molecule has 2 unspecified atom stereocenters. The lowest BCUT2D eigenvalue weighted by atomic mass is 9.98. The van der Waals surface area contributed by atoms with Crippen LogP contribution in [0.3, 0.4) is 0 Å². The summed E-state index contributed by atoms with van der Waals surface area (Å²) in [5.41, 5.74) is 6.76. The minimum atomic E-state index is 0.270. The largest absolute Gasteiger partial charge is 0.328 e. The van der Waals surface area contributed by atoms with Crippen molar-refractivity contribution < 1.29 is 0 Å². The molecule has 2 N–H and O–H groups in total. The molecule has 4 nitrogen and oxygen atoms in total. The molecule has 0 bridgehead atoms. The summed E-state index contributed by atoms with van der Waals surface area (Å²) in [5.74, 6) is 0.580. The number of hydrogen-bond acceptors (Lipinski definition) is 3. The molecule has 0 spiro atoms. The average Bonchev–Trinajstić information content (AvgIpc) is 2.33. The highest BCUT2D eigenvalue weighted by Crippen LogP contribution is 2.10. The van der Waals surface area contributed by atoms with Gasteiger partial charge in [-0.25, -0.2) is 0 Å². The van der Waals surface area contributed by atoms with Crippen molar-refractivity contribution in [2.24, 2.45) is 18.7 Å². The Morgan fingerprint density at radius 1 is 1.54 bits per heavy atom. The summed E-state index contributed by atoms with van der Waals surface area (Å²) in [4.78, 5) is 0. The summed E-state index contributed by atoms with van der Waals surface area (Å²) >= 11 is 0. The summed E-state index contributed by atoms with van der Waals surface area (Å²) in [6.07, 6.45) is 3.96. The minimum Gasteiger partial charge on any atom is -0.328 e. The fourth-order valence-corrected chi connectivity index (χ4v) is 1.56. The predicted octanol–water partition coefficient (Wildman–Crippen LogP) is 0.731. The van der Waals surface area contributed by atoms with E-state index in [4.69, 9.17) is 5.73 Å². The van der Waals surface area contributed by atoms with E-state index >= 15 is 0 Å². The highest BCUT2D eigenvalue weighted by Gasteiger charge is 2.08. The van der Waals surface area contributed by atoms with Crippen LogP contribution in [0.25, 0.3) is 0 Å². The quantitative estimate of drug-likeness (QED) is 0.747. The Labute approximate surface area is 79.1 Å². The Morgan fingerprint density at radius 2 is 2.23 bits per heavy atom. The van der Waals surface area contributed by atoms with Crippen LogP contribution < -0.4 is 5.73 Å². The smallest absolute Gasteiger partial charge is 0.0829 e. The molecular weight excluding hydrogens is 164 g/mol. The zero-order chi connectivity index (χ0) is 9.84. The van der Waals surface area contributed by atoms with Gasteiger partial charge in [0, 0.05) is 19.3 Å². The lowest BCUT2D eigenvalue weighted by Crippen LogP contribution is -2.19. The molecule has 0 aliphatic rings. The zero-order valence-corrected chi connectivity index (χ0v) is 8.57. The molecule has 0 aliphatic heterocycles. The molecule has 0 saturated heterocycles. The van der Waals surface area contributed by atoms with E-state index in [0.29, 0.717) is 5.92 Å². The van der Waals surface area contributed by atoms with Crippen molar-refractivity contribution in [3.05, 3.63) is 11.9 Å². The third-order valence-electron chi connectivity index (χ3n) is 1.98. The van der Waals surface area contributed by atoms with E-state index in [1.807, 2.05) is 20.2 Å². The fraction of sp³-hybridized carbons (Fsp3) is 0.778. The Balaban J connectivity index is 2.40. The van der Waals surface area contributed by atoms with Crippen LogP contribution in [-0.2, 0) is 13.5 Å². The normalized spacial score (nSPS) is 15.7. The molecule has 13 heavy (non-hydrogen) atoms. The molecule has 1 aromatic heterocycles. The van der Waals surface area contributed by atoms with Gasteiger partial charge >= 0.3 is 0 Å². The molecule has 2 atom stereocenters. The molecule has 74 valence electrons. The number of hydrogen-bond donors (Lipinski definition) is 1. The number of aryl methyl sites for hydroxylation is 1. The van der Waals surface area contributed by atoms with E-state index in [1.165, 1.54) is 0 Å². The van der Waals surface area contributed by atoms with Crippen LogP contribution in [-0.4, -0.2) is 21.0 Å². The molecule has 0 amide bonds. The summed E-state index contributed by atoms with van der Waals surface area (Å²) < 4.78 is 1.73. The lowest BCUT2D eigenvalue weighted by Gasteiger charge is -2.11. The fourth-order valence-electron chi connectivity index (χ4n) is 1.56. The molecule has 4 heteroatoms. The molecular formula is C9H18N4. The first kappa shape index (κ1) is 10.2. The second-order valence-electron chi connectivity index (χ2n) is 3.91. The van der Waals surface area contributed by atoms with Crippen molar-refractivity contribution in [1.29, 1.82) is 0 Å². The average molecular weight is 182 g/mol. The van der Waals surface area contributed by atoms with Crippen LogP contribution >= 0.6 is 0 Å². The molecule has 0 fully saturated rings. The summed E-state index contributed by atoms with van der Waals surface area (Å²) in [7, 11) is 1.88. The van der Waals surface area contributed by atoms with E-state index in [9.17, 15) is 0 Å². The Kier molecular flexibility index (Phi) is 3.42. The SMILES string of the molecule is CC(N)CC(C)Cc1cn(C)nn1. The zero-order valence-electron chi connectivity index (χ0n) is 8.57. The van der Waals surface area contributed by atoms with Crippen LogP contribution in [0.2, 0.25) is 0 Å². The van der Waals surface area contributed by atoms with Crippen molar-refractivity contribution in [2.45, 2.75) is 32.7 Å². The van der Waals surface area contributed by atoms with Gasteiger partial charge in [0.25, 0.3) is 0 Å². The van der Waals surface area contributed by atoms with Gasteiger partial charge in [0.2, 0.25) is 0 Å². The van der Waals surface area contributed by atoms with Crippen molar-refractivity contribution >= 4 is 0 Å². The monoisotopic (exact) mass is 182 g/mol. The molecule has 0 radical (unpaired) electrons. The highest BCUT2D eigenvalue weighted by molar-refractivity contribution is 4.93. The van der Waals surface area contributed by atoms with E-state index in [1.54, 1.807) is 4.68 Å². The van der Waals surface area contributed by atoms with Gasteiger partial charge in [0.1, 0.15) is 0 Å². The molecule has 1 heterocycles. The second-order valence-corrected chi connectivity index (χ2v) is 3.91. The van der Waals surface area contributed by atoms with Crippen LogP contribution in [0.4, 0.5) is 0 Å². The van der Waals surface area contributed by atoms with E-state index < -0.39 is 0 Å². The van der Waals surface area contributed by atoms with Crippen molar-refractivity contribution in [3.63, 3.8) is 0 Å². The van der Waals surface area contributed by atoms with Gasteiger partial charge in [0.15, 0.2) is 0 Å². The first-order chi connectivity index (χ1) is 6.08. The summed E-state index contributed by atoms with van der Waals surface area (Å²) in [5, 5.41) is 7.92. The second kappa shape index (κ2) is 4.37. The Morgan fingerprint density at radius 3 is 2.69 bits per heavy atom. The number of rotatable bonds is 4. The molecule has 0 aliphatic carbocycles. The first-order valence-corrected chi connectivity index (χ1v) is 4.68. The maximum atomic E-state index is 5.71. The number of aromatic nitrogens is 3. The van der Waals surface area contributed by atoms with Gasteiger partial charge < -0.3 is 5.73 Å². The van der Waals surface area contributed by atoms with Crippen molar-refractivity contribution in [2.75, 3.05) is 0 Å². The predicted molar refractivity (Wildman–Crippen MR) is 52.1 cm³/mol. The third kappa shape index (κ3) is 3.55. The van der Waals surface area contributed by atoms with Gasteiger partial charge in [0.05, 0.1) is 5.69 Å². The van der Waals surface area contributed by atoms with Gasteiger partial charge in [-0.2, -0.15) is 0 Å². The van der Waals surface area contributed by atoms with E-state index in [-0.39, 0.29) is 6.04 Å². The van der Waals surface area contributed by atoms with Gasteiger partial charge in [-0.1, -0.05) is 12.1 Å². The minimum absolute atomic E-state index is 0.270. The van der Waals surface area contributed by atoms with E-state index in [0.717, 1.165) is 18.5 Å². The molecule has 1 rings (SSSR count). The van der Waals surface area contributed by atoms with Crippen molar-refractivity contribution in [3.8, 4) is 0 Å². The maximum Gasteiger partial charge on any atom is 0.0829 e. The number of nitrogens with zero attached hydrogens (tertiary/aromatic N) is 3. The number of nitrogens with two attached hydrogens (primary N) is 1. The van der Waals surface area contributed by atoms with Gasteiger partial charge in [-0.15, -0.1) is 5.10 Å². The Bertz CT molecular complexity index is 254. The van der Waals surface area contributed by atoms with Gasteiger partial charge in [-0.3, -0.25) is 4.68 Å². The van der Waals surface area contributed by atoms with Crippen LogP contribution in [0.1, 0.15) is 26.0 Å². The van der Waals surface area contributed by atoms with Crippen LogP contribution in [0, 0.1) is 5.92 Å². The summed E-state index contributed by atoms with van der Waals surface area (Å²) in [6, 6.07) is 0.270. The van der Waals surface area contributed by atoms with Crippen molar-refractivity contribution in [1.82, 2.24) is 15.0 Å². The lowest BCUT2D eigenvalue weighted by molar-refractivity contribution is 0.475. The van der Waals surface area contributed by atoms with Crippen LogP contribution in [0.15, 0.2) is 6.20 Å². The van der Waals surface area contributed by atoms with Crippen LogP contribution in [0.5, 0.6) is 0 Å². The first-order valence-electron chi connectivity index (χ1n) is 4.68.